The third kappa shape index (κ3) is 8.11. The number of nitrogens with one attached hydrogen (secondary N) is 2. The number of amides is 4. The lowest BCUT2D eigenvalue weighted by Gasteiger charge is -2.27. The van der Waals surface area contributed by atoms with Crippen LogP contribution in [0.5, 0.6) is 5.75 Å². The number of imide groups is 1. The average molecular weight is 656 g/mol. The van der Waals surface area contributed by atoms with E-state index in [4.69, 9.17) is 16.2 Å². The second-order valence-electron chi connectivity index (χ2n) is 10.7. The monoisotopic (exact) mass is 655 g/mol. The lowest BCUT2D eigenvalue weighted by atomic mass is 10.0. The molecule has 5 rings (SSSR count). The number of ether oxygens (including phenoxy) is 1. The molecule has 0 radical (unpaired) electrons. The standard InChI is InChI=1S/C35H37N5O4S2/c1-2-44-27-13-11-23(12-14-27)19-30(39-33(41)32-29(37)16-18-45-32)34(42)40(17-15-26-22-46-31-6-4-3-5-28(26)31)35(43)38-21-25-9-7-24(20-36)8-10-25/h3-14,16,18,22,30H,2,15,17,19-21,36-37H2,1H3,(H,38,43)(H,39,41)/t30-/m1/s1. The van der Waals surface area contributed by atoms with Gasteiger partial charge in [-0.05, 0) is 76.0 Å². The van der Waals surface area contributed by atoms with Gasteiger partial charge in [-0.2, -0.15) is 0 Å². The molecule has 1 atom stereocenters. The molecule has 0 saturated heterocycles. The number of benzene rings is 3. The van der Waals surface area contributed by atoms with E-state index in [0.717, 1.165) is 32.3 Å². The summed E-state index contributed by atoms with van der Waals surface area (Å²) in [5.41, 5.74) is 15.8. The summed E-state index contributed by atoms with van der Waals surface area (Å²) in [4.78, 5) is 43.0. The number of carbonyl (C=O) groups is 3. The molecular weight excluding hydrogens is 619 g/mol. The Hall–Kier alpha value is -4.71. The third-order valence-electron chi connectivity index (χ3n) is 7.56. The van der Waals surface area contributed by atoms with E-state index in [9.17, 15) is 14.4 Å². The molecule has 11 heteroatoms. The molecule has 238 valence electrons. The van der Waals surface area contributed by atoms with E-state index in [1.54, 1.807) is 22.8 Å². The average Bonchev–Trinajstić information content (AvgIpc) is 3.70. The molecule has 0 aliphatic rings. The zero-order chi connectivity index (χ0) is 32.5. The first-order valence-corrected chi connectivity index (χ1v) is 16.8. The first-order chi connectivity index (χ1) is 22.4. The van der Waals surface area contributed by atoms with Gasteiger partial charge in [0.25, 0.3) is 11.8 Å². The second-order valence-corrected chi connectivity index (χ2v) is 12.5. The molecule has 2 heterocycles. The van der Waals surface area contributed by atoms with E-state index in [1.807, 2.05) is 79.7 Å². The Morgan fingerprint density at radius 1 is 0.913 bits per heavy atom. The van der Waals surface area contributed by atoms with Crippen LogP contribution >= 0.6 is 22.7 Å². The lowest BCUT2D eigenvalue weighted by molar-refractivity contribution is -0.130. The van der Waals surface area contributed by atoms with Crippen molar-refractivity contribution in [3.63, 3.8) is 0 Å². The van der Waals surface area contributed by atoms with Gasteiger partial charge in [-0.3, -0.25) is 14.5 Å². The van der Waals surface area contributed by atoms with Gasteiger partial charge >= 0.3 is 6.03 Å². The number of anilines is 1. The van der Waals surface area contributed by atoms with Gasteiger partial charge in [0.1, 0.15) is 16.7 Å². The van der Waals surface area contributed by atoms with Gasteiger partial charge in [-0.25, -0.2) is 4.79 Å². The van der Waals surface area contributed by atoms with Crippen LogP contribution in [0.1, 0.15) is 38.8 Å². The maximum atomic E-state index is 14.4. The van der Waals surface area contributed by atoms with Crippen LogP contribution in [-0.2, 0) is 30.7 Å². The highest BCUT2D eigenvalue weighted by molar-refractivity contribution is 7.17. The Kier molecular flexibility index (Phi) is 11.0. The molecule has 3 aromatic carbocycles. The fourth-order valence-corrected chi connectivity index (χ4v) is 6.79. The Morgan fingerprint density at radius 2 is 1.63 bits per heavy atom. The molecule has 5 aromatic rings. The fourth-order valence-electron chi connectivity index (χ4n) is 5.08. The number of nitrogen functional groups attached to an aromatic ring is 1. The van der Waals surface area contributed by atoms with Crippen molar-refractivity contribution < 1.29 is 19.1 Å². The molecule has 4 amide bonds. The number of fused-ring (bicyclic) bond motifs is 1. The van der Waals surface area contributed by atoms with Crippen LogP contribution in [0.25, 0.3) is 10.1 Å². The molecule has 0 saturated carbocycles. The molecular formula is C35H37N5O4S2. The third-order valence-corrected chi connectivity index (χ3v) is 9.50. The van der Waals surface area contributed by atoms with E-state index in [2.05, 4.69) is 16.0 Å². The number of hydrogen-bond donors (Lipinski definition) is 4. The van der Waals surface area contributed by atoms with Gasteiger partial charge in [0, 0.05) is 30.8 Å². The fraction of sp³-hybridized carbons (Fsp3) is 0.229. The van der Waals surface area contributed by atoms with E-state index >= 15 is 0 Å². The number of nitrogens with zero attached hydrogens (tertiary/aromatic N) is 1. The van der Waals surface area contributed by atoms with Crippen LogP contribution in [0.4, 0.5) is 10.5 Å². The minimum Gasteiger partial charge on any atom is -0.494 e. The molecule has 0 aliphatic heterocycles. The van der Waals surface area contributed by atoms with Gasteiger partial charge in [0.15, 0.2) is 0 Å². The molecule has 0 bridgehead atoms. The van der Waals surface area contributed by atoms with E-state index in [1.165, 1.54) is 16.2 Å². The first-order valence-electron chi connectivity index (χ1n) is 15.0. The number of nitrogens with two attached hydrogens (primary N) is 2. The van der Waals surface area contributed by atoms with Crippen LogP contribution in [0.15, 0.2) is 89.6 Å². The molecule has 0 spiro atoms. The topological polar surface area (TPSA) is 140 Å². The summed E-state index contributed by atoms with van der Waals surface area (Å²) in [6.07, 6.45) is 0.615. The quantitative estimate of drug-likeness (QED) is 0.128. The van der Waals surface area contributed by atoms with Gasteiger partial charge in [0.05, 0.1) is 12.3 Å². The van der Waals surface area contributed by atoms with Crippen molar-refractivity contribution in [2.24, 2.45) is 5.73 Å². The first kappa shape index (κ1) is 32.7. The van der Waals surface area contributed by atoms with Crippen molar-refractivity contribution in [2.45, 2.75) is 38.9 Å². The molecule has 46 heavy (non-hydrogen) atoms. The Morgan fingerprint density at radius 3 is 2.33 bits per heavy atom. The Balaban J connectivity index is 1.41. The number of carbonyl (C=O) groups excluding carboxylic acids is 3. The lowest BCUT2D eigenvalue weighted by Crippen LogP contribution is -2.54. The Labute approximate surface area is 276 Å². The molecule has 9 nitrogen and oxygen atoms in total. The predicted molar refractivity (Wildman–Crippen MR) is 185 cm³/mol. The van der Waals surface area contributed by atoms with Crippen molar-refractivity contribution in [1.29, 1.82) is 0 Å². The summed E-state index contributed by atoms with van der Waals surface area (Å²) in [5.74, 6) is -0.290. The van der Waals surface area contributed by atoms with Gasteiger partial charge in [-0.1, -0.05) is 54.6 Å². The van der Waals surface area contributed by atoms with Crippen LogP contribution in [0.3, 0.4) is 0 Å². The normalized spacial score (nSPS) is 11.6. The second kappa shape index (κ2) is 15.5. The summed E-state index contributed by atoms with van der Waals surface area (Å²) >= 11 is 2.82. The smallest absolute Gasteiger partial charge is 0.324 e. The summed E-state index contributed by atoms with van der Waals surface area (Å²) < 4.78 is 6.70. The van der Waals surface area contributed by atoms with E-state index < -0.39 is 23.9 Å². The highest BCUT2D eigenvalue weighted by atomic mass is 32.1. The minimum atomic E-state index is -1.04. The zero-order valence-electron chi connectivity index (χ0n) is 25.5. The summed E-state index contributed by atoms with van der Waals surface area (Å²) in [6.45, 7) is 3.19. The van der Waals surface area contributed by atoms with Crippen molar-refractivity contribution >= 4 is 56.3 Å². The number of thiophene rings is 2. The summed E-state index contributed by atoms with van der Waals surface area (Å²) in [6, 6.07) is 23.1. The van der Waals surface area contributed by atoms with Crippen LogP contribution < -0.4 is 26.8 Å². The molecule has 6 N–H and O–H groups in total. The molecule has 0 fully saturated rings. The van der Waals surface area contributed by atoms with E-state index in [-0.39, 0.29) is 19.5 Å². The van der Waals surface area contributed by atoms with Crippen LogP contribution in [0.2, 0.25) is 0 Å². The van der Waals surface area contributed by atoms with Crippen LogP contribution in [0, 0.1) is 0 Å². The number of hydrogen-bond acceptors (Lipinski definition) is 8. The van der Waals surface area contributed by atoms with Crippen molar-refractivity contribution in [2.75, 3.05) is 18.9 Å². The largest absolute Gasteiger partial charge is 0.494 e. The van der Waals surface area contributed by atoms with Crippen molar-refractivity contribution in [3.05, 3.63) is 117 Å². The maximum Gasteiger partial charge on any atom is 0.324 e. The Bertz CT molecular complexity index is 1780. The summed E-state index contributed by atoms with van der Waals surface area (Å²) in [7, 11) is 0. The predicted octanol–water partition coefficient (Wildman–Crippen LogP) is 5.72. The number of urea groups is 1. The van der Waals surface area contributed by atoms with Gasteiger partial charge in [-0.15, -0.1) is 22.7 Å². The van der Waals surface area contributed by atoms with Crippen molar-refractivity contribution in [3.8, 4) is 5.75 Å². The van der Waals surface area contributed by atoms with E-state index in [0.29, 0.717) is 35.9 Å². The van der Waals surface area contributed by atoms with Gasteiger partial charge < -0.3 is 26.8 Å². The number of rotatable bonds is 13. The van der Waals surface area contributed by atoms with Gasteiger partial charge in [0.2, 0.25) is 0 Å². The molecule has 0 aliphatic carbocycles. The SMILES string of the molecule is CCOc1ccc(C[C@@H](NC(=O)c2sccc2N)C(=O)N(CCc2csc3ccccc23)C(=O)NCc2ccc(CN)cc2)cc1. The zero-order valence-corrected chi connectivity index (χ0v) is 27.2. The van der Waals surface area contributed by atoms with Crippen LogP contribution in [-0.4, -0.2) is 41.9 Å². The molecule has 2 aromatic heterocycles. The highest BCUT2D eigenvalue weighted by Crippen LogP contribution is 2.26. The minimum absolute atomic E-state index is 0.119. The molecule has 0 unspecified atom stereocenters. The van der Waals surface area contributed by atoms with Crippen molar-refractivity contribution in [1.82, 2.24) is 15.5 Å². The summed E-state index contributed by atoms with van der Waals surface area (Å²) in [5, 5.41) is 10.6. The maximum absolute atomic E-state index is 14.4. The highest BCUT2D eigenvalue weighted by Gasteiger charge is 2.31.